The van der Waals surface area contributed by atoms with Crippen molar-refractivity contribution < 1.29 is 19.4 Å². The molecule has 0 aliphatic rings. The highest BCUT2D eigenvalue weighted by Gasteiger charge is 2.09. The summed E-state index contributed by atoms with van der Waals surface area (Å²) in [5.41, 5.74) is 1.05. The number of fused-ring (bicyclic) bond motifs is 1. The topological polar surface area (TPSA) is 68.5 Å². The minimum absolute atomic E-state index is 0.129. The maximum absolute atomic E-state index is 11.4. The number of hydrogen-bond donors (Lipinski definition) is 1. The predicted octanol–water partition coefficient (Wildman–Crippen LogP) is 1.90. The molecule has 0 spiro atoms. The van der Waals surface area contributed by atoms with Crippen LogP contribution in [0.4, 0.5) is 0 Å². The van der Waals surface area contributed by atoms with Crippen LogP contribution in [0.3, 0.4) is 0 Å². The fourth-order valence-corrected chi connectivity index (χ4v) is 1.82. The van der Waals surface area contributed by atoms with E-state index in [1.165, 1.54) is 6.07 Å². The van der Waals surface area contributed by atoms with Crippen LogP contribution in [-0.4, -0.2) is 28.2 Å². The van der Waals surface area contributed by atoms with Crippen molar-refractivity contribution in [3.8, 4) is 0 Å². The zero-order valence-corrected chi connectivity index (χ0v) is 9.92. The highest BCUT2D eigenvalue weighted by Crippen LogP contribution is 2.17. The molecule has 1 N–H and O–H groups in total. The zero-order chi connectivity index (χ0) is 13.1. The van der Waals surface area contributed by atoms with E-state index in [0.29, 0.717) is 6.61 Å². The minimum Gasteiger partial charge on any atom is -0.478 e. The van der Waals surface area contributed by atoms with Crippen molar-refractivity contribution in [2.24, 2.45) is 0 Å². The standard InChI is InChI=1S/C13H13NO4/c1-2-18-12(15)8-14-6-5-9-7-10(13(16)17)3-4-11(9)14/h3-7H,2,8H2,1H3,(H,16,17). The van der Waals surface area contributed by atoms with E-state index in [2.05, 4.69) is 0 Å². The van der Waals surface area contributed by atoms with E-state index in [0.717, 1.165) is 10.9 Å². The number of carboxylic acid groups (broad SMARTS) is 1. The van der Waals surface area contributed by atoms with Gasteiger partial charge in [0, 0.05) is 17.1 Å². The van der Waals surface area contributed by atoms with Gasteiger partial charge in [0.05, 0.1) is 12.2 Å². The molecule has 1 heterocycles. The molecule has 0 bridgehead atoms. The van der Waals surface area contributed by atoms with E-state index >= 15 is 0 Å². The first-order chi connectivity index (χ1) is 8.61. The van der Waals surface area contributed by atoms with E-state index in [1.807, 2.05) is 0 Å². The van der Waals surface area contributed by atoms with Crippen LogP contribution in [0.1, 0.15) is 17.3 Å². The summed E-state index contributed by atoms with van der Waals surface area (Å²) in [6.45, 7) is 2.23. The number of hydrogen-bond acceptors (Lipinski definition) is 3. The molecule has 0 amide bonds. The third-order valence-electron chi connectivity index (χ3n) is 2.62. The summed E-state index contributed by atoms with van der Waals surface area (Å²) in [6, 6.07) is 6.57. The van der Waals surface area contributed by atoms with Crippen LogP contribution in [0.5, 0.6) is 0 Å². The monoisotopic (exact) mass is 247 g/mol. The first-order valence-corrected chi connectivity index (χ1v) is 5.59. The Balaban J connectivity index is 2.31. The quantitative estimate of drug-likeness (QED) is 0.838. The Morgan fingerprint density at radius 2 is 2.11 bits per heavy atom. The number of ether oxygens (including phenoxy) is 1. The number of carboxylic acids is 1. The Morgan fingerprint density at radius 1 is 1.33 bits per heavy atom. The molecule has 0 aliphatic heterocycles. The van der Waals surface area contributed by atoms with Gasteiger partial charge in [0.2, 0.25) is 0 Å². The van der Waals surface area contributed by atoms with Crippen molar-refractivity contribution in [3.63, 3.8) is 0 Å². The van der Waals surface area contributed by atoms with Gasteiger partial charge in [-0.05, 0) is 31.2 Å². The SMILES string of the molecule is CCOC(=O)Cn1ccc2cc(C(=O)O)ccc21. The number of aromatic carboxylic acids is 1. The lowest BCUT2D eigenvalue weighted by molar-refractivity contribution is -0.143. The Bertz CT molecular complexity index is 600. The molecule has 5 nitrogen and oxygen atoms in total. The lowest BCUT2D eigenvalue weighted by Gasteiger charge is -2.05. The van der Waals surface area contributed by atoms with Gasteiger partial charge >= 0.3 is 11.9 Å². The van der Waals surface area contributed by atoms with Crippen LogP contribution in [0.25, 0.3) is 10.9 Å². The lowest BCUT2D eigenvalue weighted by atomic mass is 10.1. The number of nitrogens with zero attached hydrogens (tertiary/aromatic N) is 1. The largest absolute Gasteiger partial charge is 0.478 e. The van der Waals surface area contributed by atoms with Crippen molar-refractivity contribution in [3.05, 3.63) is 36.0 Å². The highest BCUT2D eigenvalue weighted by atomic mass is 16.5. The molecule has 0 atom stereocenters. The molecular formula is C13H13NO4. The van der Waals surface area contributed by atoms with Crippen LogP contribution >= 0.6 is 0 Å². The van der Waals surface area contributed by atoms with Crippen LogP contribution in [0.15, 0.2) is 30.5 Å². The molecule has 1 aromatic carbocycles. The van der Waals surface area contributed by atoms with E-state index in [9.17, 15) is 9.59 Å². The van der Waals surface area contributed by atoms with Crippen LogP contribution in [-0.2, 0) is 16.1 Å². The van der Waals surface area contributed by atoms with Crippen LogP contribution in [0, 0.1) is 0 Å². The van der Waals surface area contributed by atoms with Gasteiger partial charge in [0.15, 0.2) is 0 Å². The predicted molar refractivity (Wildman–Crippen MR) is 65.5 cm³/mol. The summed E-state index contributed by atoms with van der Waals surface area (Å²) in [7, 11) is 0. The van der Waals surface area contributed by atoms with Crippen molar-refractivity contribution in [2.45, 2.75) is 13.5 Å². The summed E-state index contributed by atoms with van der Waals surface area (Å²) >= 11 is 0. The van der Waals surface area contributed by atoms with Gasteiger partial charge in [-0.3, -0.25) is 4.79 Å². The van der Waals surface area contributed by atoms with Gasteiger partial charge in [0.1, 0.15) is 6.54 Å². The molecule has 18 heavy (non-hydrogen) atoms. The number of carbonyl (C=O) groups excluding carboxylic acids is 1. The number of esters is 1. The van der Waals surface area contributed by atoms with Gasteiger partial charge in [0.25, 0.3) is 0 Å². The third kappa shape index (κ3) is 2.34. The van der Waals surface area contributed by atoms with Gasteiger partial charge in [-0.1, -0.05) is 0 Å². The molecule has 0 aliphatic carbocycles. The Labute approximate surface area is 104 Å². The van der Waals surface area contributed by atoms with Gasteiger partial charge in [-0.15, -0.1) is 0 Å². The lowest BCUT2D eigenvalue weighted by Crippen LogP contribution is -2.12. The molecule has 0 saturated carbocycles. The van der Waals surface area contributed by atoms with Crippen LogP contribution < -0.4 is 0 Å². The first kappa shape index (κ1) is 12.2. The molecule has 5 heteroatoms. The van der Waals surface area contributed by atoms with Crippen molar-refractivity contribution in [1.82, 2.24) is 4.57 Å². The fraction of sp³-hybridized carbons (Fsp3) is 0.231. The smallest absolute Gasteiger partial charge is 0.335 e. The van der Waals surface area contributed by atoms with Crippen molar-refractivity contribution in [1.29, 1.82) is 0 Å². The molecule has 1 aromatic heterocycles. The molecule has 2 rings (SSSR count). The number of aromatic nitrogens is 1. The number of benzene rings is 1. The van der Waals surface area contributed by atoms with Gasteiger partial charge < -0.3 is 14.4 Å². The summed E-state index contributed by atoms with van der Waals surface area (Å²) in [5.74, 6) is -1.27. The average Bonchev–Trinajstić information content (AvgIpc) is 2.72. The Kier molecular flexibility index (Phi) is 3.32. The third-order valence-corrected chi connectivity index (χ3v) is 2.62. The molecule has 0 saturated heterocycles. The molecular weight excluding hydrogens is 234 g/mol. The average molecular weight is 247 g/mol. The second-order valence-corrected chi connectivity index (χ2v) is 3.83. The van der Waals surface area contributed by atoms with E-state index in [1.54, 1.807) is 35.9 Å². The highest BCUT2D eigenvalue weighted by molar-refractivity contribution is 5.93. The minimum atomic E-state index is -0.963. The normalized spacial score (nSPS) is 10.5. The maximum Gasteiger partial charge on any atom is 0.335 e. The molecule has 2 aromatic rings. The van der Waals surface area contributed by atoms with E-state index in [-0.39, 0.29) is 18.1 Å². The summed E-state index contributed by atoms with van der Waals surface area (Å²) in [5, 5.41) is 9.68. The Hall–Kier alpha value is -2.30. The summed E-state index contributed by atoms with van der Waals surface area (Å²) in [6.07, 6.45) is 1.74. The van der Waals surface area contributed by atoms with Gasteiger partial charge in [-0.2, -0.15) is 0 Å². The van der Waals surface area contributed by atoms with Gasteiger partial charge in [-0.25, -0.2) is 4.79 Å². The van der Waals surface area contributed by atoms with Crippen molar-refractivity contribution in [2.75, 3.05) is 6.61 Å². The molecule has 0 fully saturated rings. The van der Waals surface area contributed by atoms with Crippen LogP contribution in [0.2, 0.25) is 0 Å². The second kappa shape index (κ2) is 4.91. The molecule has 0 unspecified atom stereocenters. The first-order valence-electron chi connectivity index (χ1n) is 5.59. The second-order valence-electron chi connectivity index (χ2n) is 3.83. The molecule has 0 radical (unpaired) electrons. The molecule has 94 valence electrons. The van der Waals surface area contributed by atoms with E-state index in [4.69, 9.17) is 9.84 Å². The number of rotatable bonds is 4. The number of carbonyl (C=O) groups is 2. The zero-order valence-electron chi connectivity index (χ0n) is 9.92. The summed E-state index contributed by atoms with van der Waals surface area (Å²) < 4.78 is 6.61. The van der Waals surface area contributed by atoms with E-state index < -0.39 is 5.97 Å². The Morgan fingerprint density at radius 3 is 2.78 bits per heavy atom. The summed E-state index contributed by atoms with van der Waals surface area (Å²) in [4.78, 5) is 22.2. The maximum atomic E-state index is 11.4. The van der Waals surface area contributed by atoms with Crippen molar-refractivity contribution >= 4 is 22.8 Å². The fourth-order valence-electron chi connectivity index (χ4n) is 1.82.